The molecule has 112 valence electrons. The molecule has 0 spiro atoms. The standard InChI is InChI=1S/C12H21N5O2S/c1-13-12-14-9-11(10-15-12)20(18,19)16-5-8-17-6-3-2-4-7-17/h9-10,16H,2-8H2,1H3,(H,13,14,15). The van der Waals surface area contributed by atoms with E-state index < -0.39 is 10.0 Å². The van der Waals surface area contributed by atoms with Gasteiger partial charge in [-0.25, -0.2) is 23.1 Å². The minimum absolute atomic E-state index is 0.0927. The van der Waals surface area contributed by atoms with Crippen molar-refractivity contribution in [1.82, 2.24) is 19.6 Å². The number of nitrogens with zero attached hydrogens (tertiary/aromatic N) is 3. The third kappa shape index (κ3) is 4.12. The summed E-state index contributed by atoms with van der Waals surface area (Å²) in [6, 6.07) is 0. The Morgan fingerprint density at radius 1 is 1.20 bits per heavy atom. The molecule has 2 heterocycles. The zero-order chi connectivity index (χ0) is 14.4. The van der Waals surface area contributed by atoms with Gasteiger partial charge in [0.2, 0.25) is 16.0 Å². The summed E-state index contributed by atoms with van der Waals surface area (Å²) < 4.78 is 26.7. The molecule has 1 aromatic heterocycles. The Kier molecular flexibility index (Phi) is 5.27. The number of aromatic nitrogens is 2. The molecule has 0 saturated carbocycles. The summed E-state index contributed by atoms with van der Waals surface area (Å²) in [5, 5.41) is 2.75. The first-order chi connectivity index (χ1) is 9.62. The van der Waals surface area contributed by atoms with Gasteiger partial charge in [-0.2, -0.15) is 0 Å². The molecule has 0 bridgehead atoms. The van der Waals surface area contributed by atoms with Gasteiger partial charge in [0.1, 0.15) is 4.90 Å². The monoisotopic (exact) mass is 299 g/mol. The minimum atomic E-state index is -3.52. The predicted molar refractivity (Wildman–Crippen MR) is 77.1 cm³/mol. The number of rotatable bonds is 6. The van der Waals surface area contributed by atoms with E-state index in [1.54, 1.807) is 7.05 Å². The molecular weight excluding hydrogens is 278 g/mol. The van der Waals surface area contributed by atoms with E-state index in [0.29, 0.717) is 12.5 Å². The van der Waals surface area contributed by atoms with Crippen molar-refractivity contribution >= 4 is 16.0 Å². The van der Waals surface area contributed by atoms with Crippen LogP contribution in [0.1, 0.15) is 19.3 Å². The molecular formula is C12H21N5O2S. The van der Waals surface area contributed by atoms with Crippen molar-refractivity contribution in [2.75, 3.05) is 38.5 Å². The van der Waals surface area contributed by atoms with Crippen LogP contribution in [-0.2, 0) is 10.0 Å². The highest BCUT2D eigenvalue weighted by molar-refractivity contribution is 7.89. The maximum atomic E-state index is 12.0. The molecule has 0 aliphatic carbocycles. The Morgan fingerprint density at radius 3 is 2.45 bits per heavy atom. The Balaban J connectivity index is 1.86. The van der Waals surface area contributed by atoms with Gasteiger partial charge >= 0.3 is 0 Å². The van der Waals surface area contributed by atoms with Crippen LogP contribution in [0, 0.1) is 0 Å². The van der Waals surface area contributed by atoms with Crippen LogP contribution in [0.4, 0.5) is 5.95 Å². The molecule has 0 unspecified atom stereocenters. The lowest BCUT2D eigenvalue weighted by Crippen LogP contribution is -2.37. The maximum absolute atomic E-state index is 12.0. The van der Waals surface area contributed by atoms with Crippen molar-refractivity contribution in [3.63, 3.8) is 0 Å². The molecule has 0 atom stereocenters. The van der Waals surface area contributed by atoms with Crippen LogP contribution in [0.15, 0.2) is 17.3 Å². The number of hydrogen-bond donors (Lipinski definition) is 2. The summed E-state index contributed by atoms with van der Waals surface area (Å²) in [4.78, 5) is 10.2. The van der Waals surface area contributed by atoms with Gasteiger partial charge in [-0.15, -0.1) is 0 Å². The van der Waals surface area contributed by atoms with Crippen molar-refractivity contribution in [2.45, 2.75) is 24.2 Å². The van der Waals surface area contributed by atoms with E-state index in [2.05, 4.69) is 24.9 Å². The molecule has 0 aromatic carbocycles. The van der Waals surface area contributed by atoms with Crippen LogP contribution in [-0.4, -0.2) is 56.5 Å². The van der Waals surface area contributed by atoms with Crippen LogP contribution in [0.3, 0.4) is 0 Å². The largest absolute Gasteiger partial charge is 0.357 e. The number of hydrogen-bond acceptors (Lipinski definition) is 6. The van der Waals surface area contributed by atoms with Crippen molar-refractivity contribution < 1.29 is 8.42 Å². The molecule has 1 aliphatic rings. The molecule has 1 aromatic rings. The molecule has 0 amide bonds. The van der Waals surface area contributed by atoms with Crippen molar-refractivity contribution in [3.8, 4) is 0 Å². The summed E-state index contributed by atoms with van der Waals surface area (Å²) in [6.45, 7) is 3.27. The van der Waals surface area contributed by atoms with E-state index >= 15 is 0 Å². The van der Waals surface area contributed by atoms with E-state index in [-0.39, 0.29) is 4.90 Å². The zero-order valence-electron chi connectivity index (χ0n) is 11.7. The fourth-order valence-electron chi connectivity index (χ4n) is 2.19. The first kappa shape index (κ1) is 15.1. The fourth-order valence-corrected chi connectivity index (χ4v) is 3.10. The molecule has 7 nitrogen and oxygen atoms in total. The van der Waals surface area contributed by atoms with Crippen LogP contribution in [0.25, 0.3) is 0 Å². The lowest BCUT2D eigenvalue weighted by Gasteiger charge is -2.26. The summed E-state index contributed by atoms with van der Waals surface area (Å²) in [6.07, 6.45) is 6.29. The molecule has 8 heteroatoms. The molecule has 1 aliphatic heterocycles. The van der Waals surface area contributed by atoms with Gasteiger partial charge in [0.05, 0.1) is 12.4 Å². The zero-order valence-corrected chi connectivity index (χ0v) is 12.5. The molecule has 1 fully saturated rings. The van der Waals surface area contributed by atoms with Crippen molar-refractivity contribution in [2.24, 2.45) is 0 Å². The second kappa shape index (κ2) is 6.96. The second-order valence-electron chi connectivity index (χ2n) is 4.79. The lowest BCUT2D eigenvalue weighted by atomic mass is 10.1. The molecule has 1 saturated heterocycles. The second-order valence-corrected chi connectivity index (χ2v) is 6.56. The SMILES string of the molecule is CNc1ncc(S(=O)(=O)NCCN2CCCCC2)cn1. The first-order valence-corrected chi connectivity index (χ1v) is 8.32. The lowest BCUT2D eigenvalue weighted by molar-refractivity contribution is 0.233. The topological polar surface area (TPSA) is 87.2 Å². The number of anilines is 1. The summed E-state index contributed by atoms with van der Waals surface area (Å²) in [5.41, 5.74) is 0. The van der Waals surface area contributed by atoms with E-state index in [0.717, 1.165) is 19.6 Å². The summed E-state index contributed by atoms with van der Waals surface area (Å²) in [7, 11) is -1.83. The van der Waals surface area contributed by atoms with Gasteiger partial charge in [0, 0.05) is 20.1 Å². The average Bonchev–Trinajstić information content (AvgIpc) is 2.48. The first-order valence-electron chi connectivity index (χ1n) is 6.83. The van der Waals surface area contributed by atoms with Gasteiger partial charge in [-0.05, 0) is 25.9 Å². The summed E-state index contributed by atoms with van der Waals surface area (Å²) in [5.74, 6) is 0.400. The highest BCUT2D eigenvalue weighted by Crippen LogP contribution is 2.09. The van der Waals surface area contributed by atoms with Gasteiger partial charge in [0.15, 0.2) is 0 Å². The van der Waals surface area contributed by atoms with Gasteiger partial charge in [0.25, 0.3) is 0 Å². The van der Waals surface area contributed by atoms with Crippen molar-refractivity contribution in [1.29, 1.82) is 0 Å². The predicted octanol–water partition coefficient (Wildman–Crippen LogP) is 0.283. The molecule has 0 radical (unpaired) electrons. The summed E-state index contributed by atoms with van der Waals surface area (Å²) >= 11 is 0. The quantitative estimate of drug-likeness (QED) is 0.785. The maximum Gasteiger partial charge on any atom is 0.243 e. The Hall–Kier alpha value is -1.25. The normalized spacial score (nSPS) is 17.1. The number of sulfonamides is 1. The third-order valence-corrected chi connectivity index (χ3v) is 4.75. The van der Waals surface area contributed by atoms with Crippen molar-refractivity contribution in [3.05, 3.63) is 12.4 Å². The van der Waals surface area contributed by atoms with E-state index in [4.69, 9.17) is 0 Å². The minimum Gasteiger partial charge on any atom is -0.357 e. The van der Waals surface area contributed by atoms with Crippen LogP contribution < -0.4 is 10.0 Å². The van der Waals surface area contributed by atoms with E-state index in [1.165, 1.54) is 31.7 Å². The van der Waals surface area contributed by atoms with Crippen LogP contribution >= 0.6 is 0 Å². The smallest absolute Gasteiger partial charge is 0.243 e. The Bertz CT molecular complexity index is 511. The van der Waals surface area contributed by atoms with Gasteiger partial charge < -0.3 is 10.2 Å². The highest BCUT2D eigenvalue weighted by atomic mass is 32.2. The van der Waals surface area contributed by atoms with Crippen LogP contribution in [0.5, 0.6) is 0 Å². The fraction of sp³-hybridized carbons (Fsp3) is 0.667. The Morgan fingerprint density at radius 2 is 1.85 bits per heavy atom. The van der Waals surface area contributed by atoms with Gasteiger partial charge in [-0.3, -0.25) is 0 Å². The highest BCUT2D eigenvalue weighted by Gasteiger charge is 2.16. The third-order valence-electron chi connectivity index (χ3n) is 3.33. The van der Waals surface area contributed by atoms with Crippen LogP contribution in [0.2, 0.25) is 0 Å². The number of piperidine rings is 1. The molecule has 2 rings (SSSR count). The van der Waals surface area contributed by atoms with E-state index in [1.807, 2.05) is 0 Å². The molecule has 20 heavy (non-hydrogen) atoms. The van der Waals surface area contributed by atoms with Gasteiger partial charge in [-0.1, -0.05) is 6.42 Å². The molecule has 2 N–H and O–H groups in total. The average molecular weight is 299 g/mol. The van der Waals surface area contributed by atoms with E-state index in [9.17, 15) is 8.42 Å². The number of likely N-dealkylation sites (tertiary alicyclic amines) is 1. The number of nitrogens with one attached hydrogen (secondary N) is 2. The Labute approximate surface area is 119 Å².